The van der Waals surface area contributed by atoms with Crippen molar-refractivity contribution in [1.82, 2.24) is 0 Å². The molecule has 0 aromatic heterocycles. The van der Waals surface area contributed by atoms with E-state index in [1.54, 1.807) is 0 Å². The second-order valence-corrected chi connectivity index (χ2v) is 4.79. The maximum Gasteiger partial charge on any atom is 0.0593 e. The molecular formula is C7H12Br2. The van der Waals surface area contributed by atoms with Gasteiger partial charge in [0.1, 0.15) is 0 Å². The van der Waals surface area contributed by atoms with Crippen molar-refractivity contribution in [3.63, 3.8) is 0 Å². The normalized spacial score (nSPS) is 9.33. The number of unbranched alkanes of at least 4 members (excludes halogenated alkanes) is 1. The van der Waals surface area contributed by atoms with Crippen LogP contribution in [0.5, 0.6) is 0 Å². The Bertz CT molecular complexity index is 101. The largest absolute Gasteiger partial charge is 0.0654 e. The molecule has 0 fully saturated rings. The summed E-state index contributed by atoms with van der Waals surface area (Å²) in [5, 5.41) is 0. The molecule has 0 aliphatic heterocycles. The Morgan fingerprint density at radius 3 is 2.22 bits per heavy atom. The van der Waals surface area contributed by atoms with Gasteiger partial charge in [-0.1, -0.05) is 18.9 Å². The molecule has 0 spiro atoms. The van der Waals surface area contributed by atoms with Gasteiger partial charge in [0.05, 0.1) is 3.39 Å². The predicted octanol–water partition coefficient (Wildman–Crippen LogP) is 4.20. The fourth-order valence-corrected chi connectivity index (χ4v) is 0.933. The summed E-state index contributed by atoms with van der Waals surface area (Å²) in [5.41, 5.74) is 1.40. The van der Waals surface area contributed by atoms with Gasteiger partial charge in [-0.2, -0.15) is 0 Å². The molecule has 54 valence electrons. The minimum Gasteiger partial charge on any atom is -0.0654 e. The maximum absolute atomic E-state index is 3.37. The first-order valence-electron chi connectivity index (χ1n) is 3.19. The fraction of sp³-hybridized carbons (Fsp3) is 0.714. The Labute approximate surface area is 74.0 Å². The molecule has 0 atom stereocenters. The van der Waals surface area contributed by atoms with E-state index in [1.165, 1.54) is 24.8 Å². The molecule has 0 saturated carbocycles. The summed E-state index contributed by atoms with van der Waals surface area (Å²) in [5.74, 6) is 0. The number of hydrogen-bond acceptors (Lipinski definition) is 0. The highest BCUT2D eigenvalue weighted by molar-refractivity contribution is 9.28. The first-order chi connectivity index (χ1) is 4.18. The topological polar surface area (TPSA) is 0 Å². The first-order valence-corrected chi connectivity index (χ1v) is 4.77. The standard InChI is InChI=1S/C7H12Br2/c1-3-4-5-6(2)7(8)9/h3-5H2,1-2H3. The van der Waals surface area contributed by atoms with Crippen LogP contribution in [-0.4, -0.2) is 0 Å². The molecule has 2 heteroatoms. The zero-order valence-electron chi connectivity index (χ0n) is 5.88. The van der Waals surface area contributed by atoms with E-state index in [9.17, 15) is 0 Å². The number of allylic oxidation sites excluding steroid dienone is 1. The molecule has 0 saturated heterocycles. The Kier molecular flexibility index (Phi) is 5.91. The van der Waals surface area contributed by atoms with Gasteiger partial charge < -0.3 is 0 Å². The first kappa shape index (κ1) is 9.70. The van der Waals surface area contributed by atoms with Gasteiger partial charge in [-0.15, -0.1) is 0 Å². The molecule has 0 aromatic rings. The molecule has 0 aromatic carbocycles. The van der Waals surface area contributed by atoms with Crippen molar-refractivity contribution in [2.75, 3.05) is 0 Å². The Hall–Kier alpha value is 0.700. The van der Waals surface area contributed by atoms with E-state index in [0.717, 1.165) is 3.39 Å². The highest BCUT2D eigenvalue weighted by Gasteiger charge is 1.92. The molecule has 0 heterocycles. The van der Waals surface area contributed by atoms with Crippen molar-refractivity contribution >= 4 is 31.9 Å². The second kappa shape index (κ2) is 5.48. The lowest BCUT2D eigenvalue weighted by Crippen LogP contribution is -1.76. The predicted molar refractivity (Wildman–Crippen MR) is 50.1 cm³/mol. The average molecular weight is 256 g/mol. The average Bonchev–Trinajstić information content (AvgIpc) is 1.82. The van der Waals surface area contributed by atoms with Gasteiger partial charge in [0.2, 0.25) is 0 Å². The van der Waals surface area contributed by atoms with Crippen LogP contribution in [0.4, 0.5) is 0 Å². The van der Waals surface area contributed by atoms with Gasteiger partial charge in [-0.25, -0.2) is 0 Å². The molecule has 9 heavy (non-hydrogen) atoms. The number of hydrogen-bond donors (Lipinski definition) is 0. The summed E-state index contributed by atoms with van der Waals surface area (Å²) in [4.78, 5) is 0. The van der Waals surface area contributed by atoms with Crippen LogP contribution >= 0.6 is 31.9 Å². The van der Waals surface area contributed by atoms with Crippen molar-refractivity contribution in [2.24, 2.45) is 0 Å². The summed E-state index contributed by atoms with van der Waals surface area (Å²) in [7, 11) is 0. The molecule has 0 rings (SSSR count). The maximum atomic E-state index is 3.37. The lowest BCUT2D eigenvalue weighted by Gasteiger charge is -1.97. The molecule has 0 unspecified atom stereocenters. The molecule has 0 radical (unpaired) electrons. The number of rotatable bonds is 3. The third-order valence-electron chi connectivity index (χ3n) is 1.23. The molecule has 0 nitrogen and oxygen atoms in total. The van der Waals surface area contributed by atoms with E-state index in [4.69, 9.17) is 0 Å². The van der Waals surface area contributed by atoms with Crippen LogP contribution in [0.1, 0.15) is 33.1 Å². The molecular weight excluding hydrogens is 244 g/mol. The van der Waals surface area contributed by atoms with E-state index in [2.05, 4.69) is 45.7 Å². The molecule has 0 aliphatic carbocycles. The van der Waals surface area contributed by atoms with Crippen LogP contribution in [0.3, 0.4) is 0 Å². The van der Waals surface area contributed by atoms with E-state index in [-0.39, 0.29) is 0 Å². The van der Waals surface area contributed by atoms with Gasteiger partial charge in [-0.3, -0.25) is 0 Å². The van der Waals surface area contributed by atoms with Crippen LogP contribution in [0.25, 0.3) is 0 Å². The SMILES string of the molecule is CCCCC(C)=C(Br)Br. The summed E-state index contributed by atoms with van der Waals surface area (Å²) in [6.45, 7) is 4.34. The van der Waals surface area contributed by atoms with Crippen LogP contribution in [0.15, 0.2) is 8.96 Å². The highest BCUT2D eigenvalue weighted by atomic mass is 79.9. The van der Waals surface area contributed by atoms with Crippen molar-refractivity contribution in [3.8, 4) is 0 Å². The third kappa shape index (κ3) is 5.16. The zero-order chi connectivity index (χ0) is 7.28. The summed E-state index contributed by atoms with van der Waals surface area (Å²) in [6, 6.07) is 0. The van der Waals surface area contributed by atoms with Gasteiger partial charge >= 0.3 is 0 Å². The summed E-state index contributed by atoms with van der Waals surface area (Å²) < 4.78 is 1.11. The van der Waals surface area contributed by atoms with Gasteiger partial charge in [-0.05, 0) is 51.6 Å². The van der Waals surface area contributed by atoms with E-state index in [1.807, 2.05) is 0 Å². The number of halogens is 2. The van der Waals surface area contributed by atoms with Gasteiger partial charge in [0, 0.05) is 0 Å². The Morgan fingerprint density at radius 2 is 1.89 bits per heavy atom. The van der Waals surface area contributed by atoms with E-state index >= 15 is 0 Å². The Balaban J connectivity index is 3.50. The van der Waals surface area contributed by atoms with Crippen LogP contribution in [0.2, 0.25) is 0 Å². The van der Waals surface area contributed by atoms with E-state index in [0.29, 0.717) is 0 Å². The quantitative estimate of drug-likeness (QED) is 0.709. The van der Waals surface area contributed by atoms with Gasteiger partial charge in [0.25, 0.3) is 0 Å². The van der Waals surface area contributed by atoms with Crippen molar-refractivity contribution < 1.29 is 0 Å². The minimum absolute atomic E-state index is 1.11. The van der Waals surface area contributed by atoms with Crippen molar-refractivity contribution in [3.05, 3.63) is 8.96 Å². The summed E-state index contributed by atoms with van der Waals surface area (Å²) >= 11 is 6.73. The fourth-order valence-electron chi connectivity index (χ4n) is 0.536. The molecule has 0 amide bonds. The van der Waals surface area contributed by atoms with Crippen molar-refractivity contribution in [1.29, 1.82) is 0 Å². The zero-order valence-corrected chi connectivity index (χ0v) is 9.05. The van der Waals surface area contributed by atoms with Gasteiger partial charge in [0.15, 0.2) is 0 Å². The third-order valence-corrected chi connectivity index (χ3v) is 2.58. The highest BCUT2D eigenvalue weighted by Crippen LogP contribution is 2.22. The smallest absolute Gasteiger partial charge is 0.0593 e. The minimum atomic E-state index is 1.11. The lowest BCUT2D eigenvalue weighted by molar-refractivity contribution is 0.788. The Morgan fingerprint density at radius 1 is 1.33 bits per heavy atom. The van der Waals surface area contributed by atoms with Crippen LogP contribution in [-0.2, 0) is 0 Å². The second-order valence-electron chi connectivity index (χ2n) is 2.14. The molecule has 0 aliphatic rings. The van der Waals surface area contributed by atoms with Crippen LogP contribution in [0, 0.1) is 0 Å². The van der Waals surface area contributed by atoms with E-state index < -0.39 is 0 Å². The monoisotopic (exact) mass is 254 g/mol. The molecule has 0 bridgehead atoms. The molecule has 0 N–H and O–H groups in total. The summed E-state index contributed by atoms with van der Waals surface area (Å²) in [6.07, 6.45) is 3.75. The van der Waals surface area contributed by atoms with Crippen LogP contribution < -0.4 is 0 Å². The van der Waals surface area contributed by atoms with Crippen molar-refractivity contribution in [2.45, 2.75) is 33.1 Å². The lowest BCUT2D eigenvalue weighted by atomic mass is 10.2.